The fraction of sp³-hybridized carbons (Fsp3) is 0.750. The van der Waals surface area contributed by atoms with Crippen LogP contribution < -0.4 is 5.73 Å². The molecule has 0 bridgehead atoms. The summed E-state index contributed by atoms with van der Waals surface area (Å²) in [5.74, 6) is 1.81. The molecule has 2 heterocycles. The Morgan fingerprint density at radius 3 is 2.69 bits per heavy atom. The number of aromatic nitrogens is 3. The van der Waals surface area contributed by atoms with E-state index >= 15 is 0 Å². The predicted molar refractivity (Wildman–Crippen MR) is 48.2 cm³/mol. The fourth-order valence-electron chi connectivity index (χ4n) is 1.73. The molecule has 5 nitrogen and oxygen atoms in total. The summed E-state index contributed by atoms with van der Waals surface area (Å²) in [6.45, 7) is 1.63. The van der Waals surface area contributed by atoms with E-state index in [2.05, 4.69) is 10.1 Å². The van der Waals surface area contributed by atoms with Gasteiger partial charge in [0.25, 0.3) is 0 Å². The molecule has 5 heteroatoms. The van der Waals surface area contributed by atoms with Crippen LogP contribution in [-0.4, -0.2) is 28.0 Å². The first-order chi connectivity index (χ1) is 6.27. The molecule has 1 fully saturated rings. The Bertz CT molecular complexity index is 290. The van der Waals surface area contributed by atoms with Crippen molar-refractivity contribution in [3.63, 3.8) is 0 Å². The number of nitrogen functional groups attached to an aromatic ring is 1. The number of anilines is 1. The van der Waals surface area contributed by atoms with E-state index in [4.69, 9.17) is 10.5 Å². The molecule has 0 aromatic carbocycles. The number of ether oxygens (including phenoxy) is 1. The lowest BCUT2D eigenvalue weighted by Gasteiger charge is -2.20. The first kappa shape index (κ1) is 8.50. The molecule has 1 aliphatic heterocycles. The largest absolute Gasteiger partial charge is 0.381 e. The van der Waals surface area contributed by atoms with Gasteiger partial charge in [0.15, 0.2) is 0 Å². The van der Waals surface area contributed by atoms with E-state index in [1.54, 1.807) is 4.68 Å². The lowest BCUT2D eigenvalue weighted by Crippen LogP contribution is -2.17. The Hall–Kier alpha value is -1.10. The quantitative estimate of drug-likeness (QED) is 0.678. The third-order valence-corrected chi connectivity index (χ3v) is 2.40. The molecule has 0 amide bonds. The van der Waals surface area contributed by atoms with Crippen molar-refractivity contribution in [1.29, 1.82) is 0 Å². The van der Waals surface area contributed by atoms with Gasteiger partial charge in [0.2, 0.25) is 5.95 Å². The average Bonchev–Trinajstić information content (AvgIpc) is 2.47. The summed E-state index contributed by atoms with van der Waals surface area (Å²) >= 11 is 0. The second-order valence-electron chi connectivity index (χ2n) is 3.34. The van der Waals surface area contributed by atoms with Crippen LogP contribution in [0.3, 0.4) is 0 Å². The molecule has 0 saturated carbocycles. The van der Waals surface area contributed by atoms with E-state index in [9.17, 15) is 0 Å². The third-order valence-electron chi connectivity index (χ3n) is 2.40. The molecule has 72 valence electrons. The Labute approximate surface area is 76.9 Å². The molecule has 1 aromatic rings. The molecule has 0 unspecified atom stereocenters. The van der Waals surface area contributed by atoms with Gasteiger partial charge in [-0.2, -0.15) is 4.98 Å². The van der Waals surface area contributed by atoms with Crippen molar-refractivity contribution < 1.29 is 4.74 Å². The highest BCUT2D eigenvalue weighted by Gasteiger charge is 2.20. The summed E-state index contributed by atoms with van der Waals surface area (Å²) in [5, 5.41) is 4.03. The van der Waals surface area contributed by atoms with E-state index in [0.717, 1.165) is 31.9 Å². The SMILES string of the molecule is Cn1nc(N)nc1C1CCOCC1. The second-order valence-corrected chi connectivity index (χ2v) is 3.34. The van der Waals surface area contributed by atoms with Gasteiger partial charge in [0.1, 0.15) is 5.82 Å². The normalized spacial score (nSPS) is 19.2. The lowest BCUT2D eigenvalue weighted by atomic mass is 10.00. The summed E-state index contributed by atoms with van der Waals surface area (Å²) in [7, 11) is 1.88. The Morgan fingerprint density at radius 1 is 1.46 bits per heavy atom. The minimum Gasteiger partial charge on any atom is -0.381 e. The highest BCUT2D eigenvalue weighted by molar-refractivity contribution is 5.16. The summed E-state index contributed by atoms with van der Waals surface area (Å²) in [4.78, 5) is 4.21. The Kier molecular flexibility index (Phi) is 2.18. The van der Waals surface area contributed by atoms with Gasteiger partial charge in [-0.1, -0.05) is 0 Å². The number of aryl methyl sites for hydroxylation is 1. The van der Waals surface area contributed by atoms with E-state index in [0.29, 0.717) is 11.9 Å². The van der Waals surface area contributed by atoms with Crippen LogP contribution in [0.4, 0.5) is 5.95 Å². The first-order valence-electron chi connectivity index (χ1n) is 4.51. The molecule has 2 rings (SSSR count). The van der Waals surface area contributed by atoms with Crippen molar-refractivity contribution in [3.05, 3.63) is 5.82 Å². The van der Waals surface area contributed by atoms with Gasteiger partial charge in [0, 0.05) is 26.2 Å². The van der Waals surface area contributed by atoms with Crippen molar-refractivity contribution in [2.24, 2.45) is 7.05 Å². The van der Waals surface area contributed by atoms with Gasteiger partial charge >= 0.3 is 0 Å². The Morgan fingerprint density at radius 2 is 2.15 bits per heavy atom. The van der Waals surface area contributed by atoms with Crippen molar-refractivity contribution in [2.45, 2.75) is 18.8 Å². The van der Waals surface area contributed by atoms with Crippen molar-refractivity contribution >= 4 is 5.95 Å². The molecular weight excluding hydrogens is 168 g/mol. The van der Waals surface area contributed by atoms with Gasteiger partial charge in [-0.15, -0.1) is 5.10 Å². The van der Waals surface area contributed by atoms with Crippen molar-refractivity contribution in [2.75, 3.05) is 18.9 Å². The van der Waals surface area contributed by atoms with Gasteiger partial charge in [0.05, 0.1) is 0 Å². The van der Waals surface area contributed by atoms with E-state index in [-0.39, 0.29) is 0 Å². The standard InChI is InChI=1S/C8H14N4O/c1-12-7(10-8(9)11-12)6-2-4-13-5-3-6/h6H,2-5H2,1H3,(H2,9,11). The van der Waals surface area contributed by atoms with Crippen LogP contribution in [0.5, 0.6) is 0 Å². The highest BCUT2D eigenvalue weighted by atomic mass is 16.5. The average molecular weight is 182 g/mol. The second kappa shape index (κ2) is 3.33. The van der Waals surface area contributed by atoms with E-state index < -0.39 is 0 Å². The topological polar surface area (TPSA) is 66.0 Å². The zero-order chi connectivity index (χ0) is 9.26. The maximum absolute atomic E-state index is 5.51. The van der Waals surface area contributed by atoms with Crippen LogP contribution in [0.1, 0.15) is 24.6 Å². The van der Waals surface area contributed by atoms with Crippen LogP contribution in [0.2, 0.25) is 0 Å². The molecule has 2 N–H and O–H groups in total. The zero-order valence-corrected chi connectivity index (χ0v) is 7.73. The molecule has 0 aliphatic carbocycles. The van der Waals surface area contributed by atoms with E-state index in [1.807, 2.05) is 7.05 Å². The maximum atomic E-state index is 5.51. The summed E-state index contributed by atoms with van der Waals surface area (Å²) in [5.41, 5.74) is 5.51. The summed E-state index contributed by atoms with van der Waals surface area (Å²) in [6, 6.07) is 0. The Balaban J connectivity index is 2.18. The third kappa shape index (κ3) is 1.65. The fourth-order valence-corrected chi connectivity index (χ4v) is 1.73. The highest BCUT2D eigenvalue weighted by Crippen LogP contribution is 2.25. The van der Waals surface area contributed by atoms with E-state index in [1.165, 1.54) is 0 Å². The van der Waals surface area contributed by atoms with Crippen LogP contribution in [0.15, 0.2) is 0 Å². The minimum absolute atomic E-state index is 0.365. The zero-order valence-electron chi connectivity index (χ0n) is 7.73. The number of nitrogens with two attached hydrogens (primary N) is 1. The van der Waals surface area contributed by atoms with Gasteiger partial charge < -0.3 is 10.5 Å². The van der Waals surface area contributed by atoms with Crippen LogP contribution in [0, 0.1) is 0 Å². The number of rotatable bonds is 1. The van der Waals surface area contributed by atoms with Crippen LogP contribution >= 0.6 is 0 Å². The molecule has 0 radical (unpaired) electrons. The molecular formula is C8H14N4O. The summed E-state index contributed by atoms with van der Waals surface area (Å²) in [6.07, 6.45) is 2.04. The summed E-state index contributed by atoms with van der Waals surface area (Å²) < 4.78 is 7.05. The van der Waals surface area contributed by atoms with Gasteiger partial charge in [-0.05, 0) is 12.8 Å². The van der Waals surface area contributed by atoms with Gasteiger partial charge in [-0.3, -0.25) is 4.68 Å². The molecule has 1 saturated heterocycles. The number of nitrogens with zero attached hydrogens (tertiary/aromatic N) is 3. The predicted octanol–water partition coefficient (Wildman–Crippen LogP) is 0.291. The monoisotopic (exact) mass is 182 g/mol. The van der Waals surface area contributed by atoms with Crippen molar-refractivity contribution in [1.82, 2.24) is 14.8 Å². The molecule has 13 heavy (non-hydrogen) atoms. The van der Waals surface area contributed by atoms with Crippen LogP contribution in [-0.2, 0) is 11.8 Å². The molecule has 1 aromatic heterocycles. The van der Waals surface area contributed by atoms with Gasteiger partial charge in [-0.25, -0.2) is 0 Å². The minimum atomic E-state index is 0.365. The molecule has 0 spiro atoms. The molecule has 1 aliphatic rings. The number of hydrogen-bond donors (Lipinski definition) is 1. The smallest absolute Gasteiger partial charge is 0.239 e. The lowest BCUT2D eigenvalue weighted by molar-refractivity contribution is 0.0828. The molecule has 0 atom stereocenters. The maximum Gasteiger partial charge on any atom is 0.239 e. The van der Waals surface area contributed by atoms with Crippen LogP contribution in [0.25, 0.3) is 0 Å². The number of hydrogen-bond acceptors (Lipinski definition) is 4. The van der Waals surface area contributed by atoms with Crippen molar-refractivity contribution in [3.8, 4) is 0 Å². The first-order valence-corrected chi connectivity index (χ1v) is 4.51.